The van der Waals surface area contributed by atoms with Crippen molar-refractivity contribution in [1.82, 2.24) is 9.84 Å². The molecule has 0 aromatic carbocycles. The quantitative estimate of drug-likeness (QED) is 0.545. The second kappa shape index (κ2) is 3.05. The fraction of sp³-hybridized carbons (Fsp3) is 1.00. The molecule has 1 heterocycles. The van der Waals surface area contributed by atoms with E-state index in [-0.39, 0.29) is 9.64 Å². The van der Waals surface area contributed by atoms with E-state index in [1.54, 1.807) is 0 Å². The Morgan fingerprint density at radius 3 is 2.89 bits per heavy atom. The highest BCUT2D eigenvalue weighted by Crippen LogP contribution is 2.04. The van der Waals surface area contributed by atoms with E-state index in [0.717, 1.165) is 12.5 Å². The topological polar surface area (TPSA) is 15.3 Å². The van der Waals surface area contributed by atoms with Crippen molar-refractivity contribution >= 4 is 20.8 Å². The third kappa shape index (κ3) is 1.97. The lowest BCUT2D eigenvalue weighted by molar-refractivity contribution is 0.353. The monoisotopic (exact) mass is 164 g/mol. The van der Waals surface area contributed by atoms with E-state index in [4.69, 9.17) is 11.2 Å². The SMILES string of the molecule is CC1CNN(C)S(=S)C1. The zero-order valence-electron chi connectivity index (χ0n) is 5.76. The molecule has 2 nitrogen and oxygen atoms in total. The molecule has 2 atom stereocenters. The molecule has 0 saturated carbocycles. The van der Waals surface area contributed by atoms with Gasteiger partial charge in [0, 0.05) is 19.3 Å². The van der Waals surface area contributed by atoms with Crippen molar-refractivity contribution in [3.8, 4) is 0 Å². The minimum Gasteiger partial charge on any atom is -0.245 e. The van der Waals surface area contributed by atoms with Crippen LogP contribution in [0.5, 0.6) is 0 Å². The molecule has 1 saturated heterocycles. The standard InChI is InChI=1S/C5H12N2S2/c1-5-3-6-7(2)9(8)4-5/h5-6H,3-4H2,1-2H3. The molecule has 0 bridgehead atoms. The van der Waals surface area contributed by atoms with Gasteiger partial charge in [-0.05, 0) is 26.7 Å². The van der Waals surface area contributed by atoms with Gasteiger partial charge < -0.3 is 0 Å². The summed E-state index contributed by atoms with van der Waals surface area (Å²) in [7, 11) is 2.06. The number of hydrazine groups is 1. The van der Waals surface area contributed by atoms with Crippen molar-refractivity contribution in [2.24, 2.45) is 5.92 Å². The maximum Gasteiger partial charge on any atom is 0.0168 e. The molecule has 0 amide bonds. The second-order valence-corrected chi connectivity index (χ2v) is 5.13. The summed E-state index contributed by atoms with van der Waals surface area (Å²) in [5, 5.41) is 0. The van der Waals surface area contributed by atoms with Crippen LogP contribution in [0.25, 0.3) is 0 Å². The van der Waals surface area contributed by atoms with Gasteiger partial charge in [0.05, 0.1) is 0 Å². The van der Waals surface area contributed by atoms with Crippen LogP contribution in [0.4, 0.5) is 0 Å². The van der Waals surface area contributed by atoms with Crippen LogP contribution in [0.2, 0.25) is 0 Å². The summed E-state index contributed by atoms with van der Waals surface area (Å²) < 4.78 is 2.04. The fourth-order valence-electron chi connectivity index (χ4n) is 0.771. The Morgan fingerprint density at radius 2 is 2.44 bits per heavy atom. The van der Waals surface area contributed by atoms with Crippen LogP contribution in [-0.2, 0) is 20.8 Å². The predicted molar refractivity (Wildman–Crippen MR) is 44.5 cm³/mol. The molecule has 4 heteroatoms. The van der Waals surface area contributed by atoms with Crippen molar-refractivity contribution in [2.75, 3.05) is 19.3 Å². The van der Waals surface area contributed by atoms with E-state index in [1.165, 1.54) is 5.75 Å². The van der Waals surface area contributed by atoms with Crippen molar-refractivity contribution in [3.63, 3.8) is 0 Å². The average Bonchev–Trinajstić information content (AvgIpc) is 1.80. The van der Waals surface area contributed by atoms with Crippen LogP contribution in [0, 0.1) is 5.92 Å². The lowest BCUT2D eigenvalue weighted by Gasteiger charge is -2.29. The Bertz CT molecular complexity index is 126. The smallest absolute Gasteiger partial charge is 0.0168 e. The van der Waals surface area contributed by atoms with Gasteiger partial charge in [-0.1, -0.05) is 6.92 Å². The van der Waals surface area contributed by atoms with Crippen LogP contribution in [0.15, 0.2) is 0 Å². The highest BCUT2D eigenvalue weighted by molar-refractivity contribution is 8.27. The van der Waals surface area contributed by atoms with E-state index in [1.807, 2.05) is 11.5 Å². The summed E-state index contributed by atoms with van der Waals surface area (Å²) in [6.07, 6.45) is 0. The Hall–Kier alpha value is 0.490. The summed E-state index contributed by atoms with van der Waals surface area (Å²) in [6.45, 7) is 3.31. The summed E-state index contributed by atoms with van der Waals surface area (Å²) in [6, 6.07) is 0. The molecule has 1 N–H and O–H groups in total. The maximum absolute atomic E-state index is 5.18. The summed E-state index contributed by atoms with van der Waals surface area (Å²) in [5.74, 6) is 1.92. The molecule has 1 aliphatic rings. The van der Waals surface area contributed by atoms with Gasteiger partial charge >= 0.3 is 0 Å². The number of hydrogen-bond donors (Lipinski definition) is 1. The third-order valence-corrected chi connectivity index (χ3v) is 4.07. The molecule has 0 radical (unpaired) electrons. The van der Waals surface area contributed by atoms with Gasteiger partial charge in [0.2, 0.25) is 0 Å². The van der Waals surface area contributed by atoms with Crippen LogP contribution in [0.1, 0.15) is 6.92 Å². The zero-order valence-corrected chi connectivity index (χ0v) is 7.39. The minimum atomic E-state index is 0.0405. The van der Waals surface area contributed by atoms with Gasteiger partial charge in [-0.2, -0.15) is 4.41 Å². The predicted octanol–water partition coefficient (Wildman–Crippen LogP) is 0.0677. The Morgan fingerprint density at radius 1 is 1.78 bits per heavy atom. The molecule has 0 aromatic rings. The fourth-order valence-corrected chi connectivity index (χ4v) is 2.67. The highest BCUT2D eigenvalue weighted by Gasteiger charge is 2.14. The molecule has 9 heavy (non-hydrogen) atoms. The maximum atomic E-state index is 5.18. The minimum absolute atomic E-state index is 0.0405. The third-order valence-electron chi connectivity index (χ3n) is 1.39. The van der Waals surface area contributed by atoms with Gasteiger partial charge in [0.1, 0.15) is 0 Å². The second-order valence-electron chi connectivity index (χ2n) is 2.45. The first kappa shape index (κ1) is 7.60. The van der Waals surface area contributed by atoms with Gasteiger partial charge in [-0.25, -0.2) is 5.43 Å². The lowest BCUT2D eigenvalue weighted by atomic mass is 10.2. The first-order chi connectivity index (χ1) is 4.20. The normalized spacial score (nSPS) is 38.9. The van der Waals surface area contributed by atoms with Gasteiger partial charge in [0.25, 0.3) is 0 Å². The van der Waals surface area contributed by atoms with Crippen LogP contribution >= 0.6 is 0 Å². The van der Waals surface area contributed by atoms with E-state index in [9.17, 15) is 0 Å². The Labute approximate surface area is 63.3 Å². The molecule has 0 aliphatic carbocycles. The van der Waals surface area contributed by atoms with E-state index in [0.29, 0.717) is 0 Å². The molecule has 54 valence electrons. The first-order valence-corrected chi connectivity index (χ1v) is 5.33. The van der Waals surface area contributed by atoms with Crippen molar-refractivity contribution in [3.05, 3.63) is 0 Å². The van der Waals surface area contributed by atoms with Crippen molar-refractivity contribution in [1.29, 1.82) is 0 Å². The van der Waals surface area contributed by atoms with Crippen LogP contribution in [0.3, 0.4) is 0 Å². The Balaban J connectivity index is 2.44. The van der Waals surface area contributed by atoms with Gasteiger partial charge in [-0.15, -0.1) is 0 Å². The van der Waals surface area contributed by atoms with Gasteiger partial charge in [-0.3, -0.25) is 0 Å². The molecule has 1 aliphatic heterocycles. The molecular weight excluding hydrogens is 152 g/mol. The first-order valence-electron chi connectivity index (χ1n) is 3.06. The summed E-state index contributed by atoms with van der Waals surface area (Å²) in [4.78, 5) is 0. The van der Waals surface area contributed by atoms with Crippen molar-refractivity contribution < 1.29 is 0 Å². The average molecular weight is 164 g/mol. The highest BCUT2D eigenvalue weighted by atomic mass is 32.8. The number of nitrogens with one attached hydrogen (secondary N) is 1. The molecule has 1 rings (SSSR count). The summed E-state index contributed by atoms with van der Waals surface area (Å²) in [5.41, 5.74) is 3.22. The van der Waals surface area contributed by atoms with Crippen molar-refractivity contribution in [2.45, 2.75) is 6.92 Å². The largest absolute Gasteiger partial charge is 0.245 e. The Kier molecular flexibility index (Phi) is 2.58. The molecule has 0 aromatic heterocycles. The number of rotatable bonds is 0. The van der Waals surface area contributed by atoms with E-state index in [2.05, 4.69) is 12.3 Å². The molecule has 0 spiro atoms. The molecule has 1 fully saturated rings. The van der Waals surface area contributed by atoms with E-state index < -0.39 is 0 Å². The van der Waals surface area contributed by atoms with Gasteiger partial charge in [0.15, 0.2) is 0 Å². The van der Waals surface area contributed by atoms with Crippen LogP contribution in [-0.4, -0.2) is 23.8 Å². The lowest BCUT2D eigenvalue weighted by Crippen LogP contribution is -2.46. The zero-order chi connectivity index (χ0) is 6.85. The summed E-state index contributed by atoms with van der Waals surface area (Å²) >= 11 is 5.18. The van der Waals surface area contributed by atoms with Crippen LogP contribution < -0.4 is 5.43 Å². The van der Waals surface area contributed by atoms with E-state index >= 15 is 0 Å². The number of hydrogen-bond acceptors (Lipinski definition) is 2. The molecular formula is C5H12N2S2. The molecule has 2 unspecified atom stereocenters. The number of nitrogens with zero attached hydrogens (tertiary/aromatic N) is 1.